The predicted octanol–water partition coefficient (Wildman–Crippen LogP) is 2.43. The molecule has 0 aromatic carbocycles. The first-order chi connectivity index (χ1) is 12.2. The van der Waals surface area contributed by atoms with Crippen molar-refractivity contribution in [3.05, 3.63) is 42.0 Å². The van der Waals surface area contributed by atoms with Gasteiger partial charge in [0.1, 0.15) is 11.6 Å². The second kappa shape index (κ2) is 8.25. The summed E-state index contributed by atoms with van der Waals surface area (Å²) in [5.74, 6) is 2.59. The number of nitrogens with zero attached hydrogens (tertiary/aromatic N) is 5. The monoisotopic (exact) mass is 340 g/mol. The van der Waals surface area contributed by atoms with Crippen LogP contribution in [0.4, 0.5) is 11.6 Å². The molecule has 134 valence electrons. The van der Waals surface area contributed by atoms with E-state index in [9.17, 15) is 0 Å². The molecule has 3 heterocycles. The highest BCUT2D eigenvalue weighted by molar-refractivity contribution is 5.43. The molecule has 0 unspecified atom stereocenters. The number of anilines is 2. The summed E-state index contributed by atoms with van der Waals surface area (Å²) in [6.45, 7) is 3.19. The highest BCUT2D eigenvalue weighted by Gasteiger charge is 2.23. The second-order valence-corrected chi connectivity index (χ2v) is 6.93. The van der Waals surface area contributed by atoms with E-state index >= 15 is 0 Å². The number of nitrogens with one attached hydrogen (secondary N) is 1. The molecule has 6 nitrogen and oxygen atoms in total. The highest BCUT2D eigenvalue weighted by atomic mass is 15.2. The van der Waals surface area contributed by atoms with Gasteiger partial charge in [0, 0.05) is 58.4 Å². The van der Waals surface area contributed by atoms with Crippen LogP contribution in [0.15, 0.2) is 30.7 Å². The van der Waals surface area contributed by atoms with E-state index in [2.05, 4.69) is 36.1 Å². The predicted molar refractivity (Wildman–Crippen MR) is 102 cm³/mol. The summed E-state index contributed by atoms with van der Waals surface area (Å²) in [5, 5.41) is 3.19. The minimum atomic E-state index is 0.624. The Morgan fingerprint density at radius 1 is 1.20 bits per heavy atom. The Balaban J connectivity index is 1.66. The summed E-state index contributed by atoms with van der Waals surface area (Å²) < 4.78 is 0. The van der Waals surface area contributed by atoms with E-state index in [1.807, 2.05) is 33.4 Å². The Bertz CT molecular complexity index is 687. The molecule has 25 heavy (non-hydrogen) atoms. The van der Waals surface area contributed by atoms with Crippen LogP contribution in [0.1, 0.15) is 24.1 Å². The van der Waals surface area contributed by atoms with Crippen molar-refractivity contribution >= 4 is 11.6 Å². The number of piperidine rings is 1. The van der Waals surface area contributed by atoms with Crippen LogP contribution in [0.5, 0.6) is 0 Å². The molecular weight excluding hydrogens is 312 g/mol. The third kappa shape index (κ3) is 4.45. The maximum atomic E-state index is 4.59. The fourth-order valence-corrected chi connectivity index (χ4v) is 3.64. The molecule has 0 amide bonds. The average Bonchev–Trinajstić information content (AvgIpc) is 2.63. The molecule has 1 fully saturated rings. The number of hydrogen-bond donors (Lipinski definition) is 1. The van der Waals surface area contributed by atoms with Crippen LogP contribution in [0, 0.1) is 5.92 Å². The van der Waals surface area contributed by atoms with Gasteiger partial charge in [-0.3, -0.25) is 9.88 Å². The van der Waals surface area contributed by atoms with Crippen molar-refractivity contribution < 1.29 is 0 Å². The Morgan fingerprint density at radius 2 is 2.04 bits per heavy atom. The van der Waals surface area contributed by atoms with Crippen LogP contribution in [0.2, 0.25) is 0 Å². The smallest absolute Gasteiger partial charge is 0.149 e. The lowest BCUT2D eigenvalue weighted by Crippen LogP contribution is -2.36. The maximum absolute atomic E-state index is 4.59. The maximum Gasteiger partial charge on any atom is 0.149 e. The van der Waals surface area contributed by atoms with E-state index in [1.165, 1.54) is 18.4 Å². The number of pyridine rings is 1. The minimum Gasteiger partial charge on any atom is -0.373 e. The lowest BCUT2D eigenvalue weighted by molar-refractivity contribution is 0.166. The molecule has 1 aliphatic heterocycles. The van der Waals surface area contributed by atoms with Crippen LogP contribution in [0.3, 0.4) is 0 Å². The summed E-state index contributed by atoms with van der Waals surface area (Å²) in [4.78, 5) is 18.1. The molecule has 0 spiro atoms. The van der Waals surface area contributed by atoms with E-state index in [1.54, 1.807) is 12.4 Å². The van der Waals surface area contributed by atoms with Gasteiger partial charge in [0.15, 0.2) is 0 Å². The van der Waals surface area contributed by atoms with Gasteiger partial charge in [-0.25, -0.2) is 9.97 Å². The van der Waals surface area contributed by atoms with Gasteiger partial charge in [0.2, 0.25) is 0 Å². The third-order valence-electron chi connectivity index (χ3n) is 4.78. The first kappa shape index (κ1) is 17.6. The first-order valence-corrected chi connectivity index (χ1v) is 8.98. The van der Waals surface area contributed by atoms with Crippen LogP contribution < -0.4 is 10.2 Å². The van der Waals surface area contributed by atoms with Gasteiger partial charge >= 0.3 is 0 Å². The van der Waals surface area contributed by atoms with E-state index < -0.39 is 0 Å². The molecule has 3 rings (SSSR count). The number of rotatable bonds is 6. The molecule has 2 aromatic heterocycles. The van der Waals surface area contributed by atoms with Gasteiger partial charge < -0.3 is 10.2 Å². The summed E-state index contributed by atoms with van der Waals surface area (Å²) in [7, 11) is 5.99. The van der Waals surface area contributed by atoms with Crippen molar-refractivity contribution in [2.45, 2.75) is 25.8 Å². The fourth-order valence-electron chi connectivity index (χ4n) is 3.64. The van der Waals surface area contributed by atoms with Crippen LogP contribution in [-0.4, -0.2) is 54.1 Å². The van der Waals surface area contributed by atoms with Crippen molar-refractivity contribution in [3.8, 4) is 0 Å². The van der Waals surface area contributed by atoms with E-state index in [4.69, 9.17) is 0 Å². The van der Waals surface area contributed by atoms with Gasteiger partial charge in [-0.1, -0.05) is 6.07 Å². The molecule has 1 aliphatic rings. The quantitative estimate of drug-likeness (QED) is 0.872. The van der Waals surface area contributed by atoms with Gasteiger partial charge in [0.05, 0.1) is 5.69 Å². The Labute approximate surface area is 150 Å². The Morgan fingerprint density at radius 3 is 2.84 bits per heavy atom. The van der Waals surface area contributed by atoms with Crippen molar-refractivity contribution in [2.75, 3.05) is 44.4 Å². The topological polar surface area (TPSA) is 57.2 Å². The van der Waals surface area contributed by atoms with Crippen molar-refractivity contribution in [1.29, 1.82) is 0 Å². The lowest BCUT2D eigenvalue weighted by Gasteiger charge is -2.33. The summed E-state index contributed by atoms with van der Waals surface area (Å²) in [6.07, 6.45) is 8.89. The van der Waals surface area contributed by atoms with Crippen LogP contribution in [0.25, 0.3) is 0 Å². The minimum absolute atomic E-state index is 0.624. The van der Waals surface area contributed by atoms with Crippen LogP contribution in [-0.2, 0) is 13.0 Å². The van der Waals surface area contributed by atoms with Crippen LogP contribution >= 0.6 is 0 Å². The Kier molecular flexibility index (Phi) is 5.81. The molecule has 0 radical (unpaired) electrons. The van der Waals surface area contributed by atoms with Crippen molar-refractivity contribution in [2.24, 2.45) is 5.92 Å². The zero-order chi connectivity index (χ0) is 17.6. The van der Waals surface area contributed by atoms with Gasteiger partial charge in [-0.15, -0.1) is 0 Å². The van der Waals surface area contributed by atoms with E-state index in [0.717, 1.165) is 43.4 Å². The summed E-state index contributed by atoms with van der Waals surface area (Å²) >= 11 is 0. The third-order valence-corrected chi connectivity index (χ3v) is 4.78. The molecule has 1 saturated heterocycles. The van der Waals surface area contributed by atoms with Gasteiger partial charge in [-0.2, -0.15) is 0 Å². The Hall–Kier alpha value is -2.21. The first-order valence-electron chi connectivity index (χ1n) is 8.98. The van der Waals surface area contributed by atoms with E-state index in [0.29, 0.717) is 5.92 Å². The lowest BCUT2D eigenvalue weighted by atomic mass is 9.93. The summed E-state index contributed by atoms with van der Waals surface area (Å²) in [6, 6.07) is 4.18. The number of likely N-dealkylation sites (tertiary alicyclic amines) is 1. The molecule has 1 atom stereocenters. The zero-order valence-corrected chi connectivity index (χ0v) is 15.4. The normalized spacial score (nSPS) is 18.1. The molecule has 0 aliphatic carbocycles. The average molecular weight is 340 g/mol. The molecule has 0 bridgehead atoms. The number of hydrogen-bond acceptors (Lipinski definition) is 6. The molecule has 6 heteroatoms. The molecule has 2 aromatic rings. The highest BCUT2D eigenvalue weighted by Crippen LogP contribution is 2.25. The fraction of sp³-hybridized carbons (Fsp3) is 0.526. The molecular formula is C19H28N6. The van der Waals surface area contributed by atoms with E-state index in [-0.39, 0.29) is 0 Å². The standard InChI is InChI=1S/C19H28N6/c1-20-18-16(7-4-8-22-18)14-25-11-5-6-15(13-25)12-17-19(24(2)3)23-10-9-21-17/h4,7-10,15H,5-6,11-14H2,1-3H3,(H,20,22)/t15-/m1/s1. The zero-order valence-electron chi connectivity index (χ0n) is 15.4. The van der Waals surface area contributed by atoms with Crippen molar-refractivity contribution in [1.82, 2.24) is 19.9 Å². The molecule has 1 N–H and O–H groups in total. The SMILES string of the molecule is CNc1ncccc1CN1CCC[C@H](Cc2nccnc2N(C)C)C1. The van der Waals surface area contributed by atoms with Crippen molar-refractivity contribution in [3.63, 3.8) is 0 Å². The molecule has 0 saturated carbocycles. The largest absolute Gasteiger partial charge is 0.373 e. The number of aromatic nitrogens is 3. The summed E-state index contributed by atoms with van der Waals surface area (Å²) in [5.41, 5.74) is 2.37. The second-order valence-electron chi connectivity index (χ2n) is 6.93. The van der Waals surface area contributed by atoms with Gasteiger partial charge in [-0.05, 0) is 37.8 Å². The van der Waals surface area contributed by atoms with Gasteiger partial charge in [0.25, 0.3) is 0 Å².